The summed E-state index contributed by atoms with van der Waals surface area (Å²) in [6, 6.07) is 13.7. The van der Waals surface area contributed by atoms with E-state index >= 15 is 0 Å². The lowest BCUT2D eigenvalue weighted by molar-refractivity contribution is -0.130. The molecule has 0 amide bonds. The smallest absolute Gasteiger partial charge is 0.296 e. The highest BCUT2D eigenvalue weighted by Crippen LogP contribution is 2.64. The molecule has 15 heteroatoms. The third-order valence-corrected chi connectivity index (χ3v) is 35.2. The fourth-order valence-electron chi connectivity index (χ4n) is 27.0. The third-order valence-electron chi connectivity index (χ3n) is 32.7. The van der Waals surface area contributed by atoms with Gasteiger partial charge in [0, 0.05) is 44.6 Å². The monoisotopic (exact) mass is 1710 g/mol. The van der Waals surface area contributed by atoms with Gasteiger partial charge in [-0.25, -0.2) is 0 Å². The van der Waals surface area contributed by atoms with Crippen LogP contribution in [0.3, 0.4) is 0 Å². The number of Topliss-reactive ketones (excluding diaryl/α,β-unsaturated/α-hetero) is 1. The highest BCUT2D eigenvalue weighted by Gasteiger charge is 2.57. The predicted molar refractivity (Wildman–Crippen MR) is 474 cm³/mol. The molecule has 0 bridgehead atoms. The number of fused-ring (bicyclic) bond motifs is 6. The van der Waals surface area contributed by atoms with Gasteiger partial charge in [0.15, 0.2) is 0 Å². The van der Waals surface area contributed by atoms with Crippen LogP contribution >= 0.6 is 31.9 Å². The van der Waals surface area contributed by atoms with E-state index in [1.54, 1.807) is 35.4 Å². The van der Waals surface area contributed by atoms with Crippen molar-refractivity contribution in [1.29, 1.82) is 15.8 Å². The number of aldehydes is 1. The Bertz CT molecular complexity index is 3330. The molecule has 12 aliphatic carbocycles. The van der Waals surface area contributed by atoms with Gasteiger partial charge in [-0.2, -0.15) is 24.2 Å². The van der Waals surface area contributed by atoms with Crippen molar-refractivity contribution < 1.29 is 42.6 Å². The van der Waals surface area contributed by atoms with Crippen molar-refractivity contribution in [2.24, 2.45) is 139 Å². The van der Waals surface area contributed by atoms with Crippen molar-refractivity contribution in [3.63, 3.8) is 0 Å². The second kappa shape index (κ2) is 46.1. The number of nitriles is 3. The maximum atomic E-state index is 12.4. The van der Waals surface area contributed by atoms with E-state index in [0.29, 0.717) is 124 Å². The molecule has 12 aliphatic rings. The minimum Gasteiger partial charge on any atom is -0.396 e. The standard InChI is InChI=1S/C20H30O4S.C15H22BrN.C15H23BrO.C14H23NO.C14H21NO.C13H24O2.6CH4/c1-14-6-8-16(9-7-14)25(22,23)24-13-15(2)17-10-11-18-19(21)5-4-12-20(17,18)3;2*1-11(7-9-17)13-5-6-14-12(10-16)4-3-8-15(13,14)2;2*1-10(7-9-15)11-5-6-12-13(16)4-3-8-14(11,12)2;1-9(8-14)10-5-6-11-12(15)4-3-7-13(10,11)2;;;;;;/h6-9,15,17-19,21H,4-5,10-13H2,1-3H3;10-11,13-14H,3-8H2,1-2H3;9-11,13-14H,3-8H2,1-2H3;10-13,16H,3-8H2,1-2H3;10-12H,3-8H2,1-2H3;9-12,14-15H,3-8H2,1-2H3;6*1H4/b;2*12-10+;;;;;;;;;/t15-,17-,18?,19+,20-;2*11-,13-,14?,15-;10-,11-,12?,13+,14-;10-,11-,12?,14-;9-,10-,11?,12+,13-;;;;;;/m111111....../s1. The van der Waals surface area contributed by atoms with Crippen molar-refractivity contribution in [3.8, 4) is 18.2 Å². The Kier molecular flexibility index (Phi) is 43.4. The Morgan fingerprint density at radius 3 is 1.12 bits per heavy atom. The molecule has 6 unspecified atom stereocenters. The van der Waals surface area contributed by atoms with E-state index in [4.69, 9.17) is 20.0 Å². The van der Waals surface area contributed by atoms with Crippen molar-refractivity contribution in [2.75, 3.05) is 13.2 Å². The summed E-state index contributed by atoms with van der Waals surface area (Å²) in [6.45, 7) is 29.8. The summed E-state index contributed by atoms with van der Waals surface area (Å²) in [7, 11) is -3.71. The lowest BCUT2D eigenvalue weighted by atomic mass is 9.61. The summed E-state index contributed by atoms with van der Waals surface area (Å²) in [6.07, 6.45) is 38.5. The van der Waals surface area contributed by atoms with Gasteiger partial charge < -0.3 is 25.2 Å². The van der Waals surface area contributed by atoms with Crippen LogP contribution in [0.15, 0.2) is 50.3 Å². The number of ketones is 1. The fraction of sp³-hybridized carbons (Fsp3) is 0.845. The summed E-state index contributed by atoms with van der Waals surface area (Å²) < 4.78 is 30.2. The first-order valence-corrected chi connectivity index (χ1v) is 45.8. The summed E-state index contributed by atoms with van der Waals surface area (Å²) in [5.41, 5.74) is 6.04. The van der Waals surface area contributed by atoms with E-state index in [1.807, 2.05) is 6.92 Å². The molecular formula is C97H167Br2N3O9S. The van der Waals surface area contributed by atoms with Crippen LogP contribution in [0.5, 0.6) is 0 Å². The molecule has 0 aromatic heterocycles. The van der Waals surface area contributed by atoms with Crippen LogP contribution in [-0.4, -0.2) is 72.4 Å². The van der Waals surface area contributed by atoms with Crippen molar-refractivity contribution in [3.05, 3.63) is 50.9 Å². The minimum atomic E-state index is -3.71. The van der Waals surface area contributed by atoms with Crippen LogP contribution in [0.1, 0.15) is 352 Å². The zero-order valence-electron chi connectivity index (χ0n) is 68.0. The lowest BCUT2D eigenvalue weighted by Gasteiger charge is -2.45. The average molecular weight is 1710 g/mol. The topological polar surface area (TPSA) is 230 Å². The number of aliphatic hydroxyl groups is 4. The van der Waals surface area contributed by atoms with Crippen LogP contribution in [-0.2, 0) is 23.9 Å². The lowest BCUT2D eigenvalue weighted by Crippen LogP contribution is -2.42. The number of hydrogen-bond acceptors (Lipinski definition) is 12. The van der Waals surface area contributed by atoms with Crippen molar-refractivity contribution in [1.82, 2.24) is 0 Å². The Balaban J connectivity index is 0.000000455. The van der Waals surface area contributed by atoms with Gasteiger partial charge in [-0.15, -0.1) is 0 Å². The number of allylic oxidation sites excluding steroid dienone is 2. The molecule has 12 nitrogen and oxygen atoms in total. The largest absolute Gasteiger partial charge is 0.396 e. The van der Waals surface area contributed by atoms with Crippen LogP contribution in [0.25, 0.3) is 0 Å². The quantitative estimate of drug-likeness (QED) is 0.0895. The molecule has 27 atom stereocenters. The van der Waals surface area contributed by atoms with E-state index in [1.165, 1.54) is 96.3 Å². The molecule has 12 saturated carbocycles. The molecule has 1 aromatic carbocycles. The maximum absolute atomic E-state index is 12.4. The third kappa shape index (κ3) is 23.0. The number of rotatable bonds is 16. The van der Waals surface area contributed by atoms with Crippen LogP contribution < -0.4 is 0 Å². The van der Waals surface area contributed by atoms with E-state index < -0.39 is 10.1 Å². The first-order chi connectivity index (χ1) is 50.3. The molecule has 644 valence electrons. The van der Waals surface area contributed by atoms with Gasteiger partial charge in [0.25, 0.3) is 10.1 Å². The first-order valence-electron chi connectivity index (χ1n) is 42.5. The molecule has 13 rings (SSSR count). The summed E-state index contributed by atoms with van der Waals surface area (Å²) in [4.78, 5) is 27.2. The maximum Gasteiger partial charge on any atom is 0.296 e. The van der Waals surface area contributed by atoms with E-state index in [2.05, 4.69) is 143 Å². The van der Waals surface area contributed by atoms with Gasteiger partial charge in [0.05, 0.1) is 48.0 Å². The number of hydrogen-bond donors (Lipinski definition) is 4. The van der Waals surface area contributed by atoms with Gasteiger partial charge in [0.1, 0.15) is 12.1 Å². The SMILES string of the molecule is C.C.C.C.C.C.C[C@H](CC#N)[C@H]1CCC2/C(=C/Br)CCC[C@@]21C.C[C@H](CC#N)[C@H]1CCC2C(=O)CCC[C@@]21C.C[C@H](CC#N)[C@H]1CCC2[C@@H](O)CCC[C@@]21C.C[C@H](CC=O)[C@H]1CCC2/C(=C/Br)CCC[C@@]21C.C[C@H](CO)[C@H]1CCC2[C@@H](O)CCC[C@@]21C.Cc1ccc(S(=O)(=O)OC[C@@H](C)[C@H]2CCC3[C@@H](O)CCC[C@@]32C)cc1. The van der Waals surface area contributed by atoms with Gasteiger partial charge in [-0.1, -0.05) is 208 Å². The molecule has 4 N–H and O–H groups in total. The molecule has 0 aliphatic heterocycles. The van der Waals surface area contributed by atoms with Gasteiger partial charge in [0.2, 0.25) is 0 Å². The number of carbonyl (C=O) groups is 2. The number of aliphatic hydroxyl groups excluding tert-OH is 4. The summed E-state index contributed by atoms with van der Waals surface area (Å²) in [5, 5.41) is 66.4. The number of carbonyl (C=O) groups excluding carboxylic acids is 2. The number of halogens is 2. The summed E-state index contributed by atoms with van der Waals surface area (Å²) in [5.74, 6) is 9.97. The predicted octanol–water partition coefficient (Wildman–Crippen LogP) is 26.1. The van der Waals surface area contributed by atoms with Crippen molar-refractivity contribution in [2.45, 2.75) is 376 Å². The molecule has 0 heterocycles. The average Bonchev–Trinajstić information content (AvgIpc) is 1.63. The number of aryl methyl sites for hydroxylation is 1. The Hall–Kier alpha value is -2.78. The highest BCUT2D eigenvalue weighted by molar-refractivity contribution is 9.11. The Morgan fingerprint density at radius 2 is 0.768 bits per heavy atom. The summed E-state index contributed by atoms with van der Waals surface area (Å²) >= 11 is 7.09. The van der Waals surface area contributed by atoms with Crippen molar-refractivity contribution >= 4 is 54.0 Å². The van der Waals surface area contributed by atoms with Gasteiger partial charge in [-0.05, 0) is 329 Å². The van der Waals surface area contributed by atoms with Crippen LogP contribution in [0.2, 0.25) is 0 Å². The highest BCUT2D eigenvalue weighted by atomic mass is 79.9. The van der Waals surface area contributed by atoms with Gasteiger partial charge >= 0.3 is 0 Å². The minimum absolute atomic E-state index is 0. The van der Waals surface area contributed by atoms with Crippen LogP contribution in [0.4, 0.5) is 0 Å². The number of nitrogens with zero attached hydrogens (tertiary/aromatic N) is 3. The fourth-order valence-corrected chi connectivity index (χ4v) is 29.1. The van der Waals surface area contributed by atoms with E-state index in [-0.39, 0.29) is 91.1 Å². The molecule has 0 radical (unpaired) electrons. The van der Waals surface area contributed by atoms with Gasteiger partial charge in [-0.3, -0.25) is 8.98 Å². The molecule has 112 heavy (non-hydrogen) atoms. The number of benzene rings is 1. The first kappa shape index (κ1) is 105. The van der Waals surface area contributed by atoms with E-state index in [9.17, 15) is 38.4 Å². The second-order valence-electron chi connectivity index (χ2n) is 38.5. The van der Waals surface area contributed by atoms with E-state index in [0.717, 1.165) is 145 Å². The van der Waals surface area contributed by atoms with Crippen LogP contribution in [0, 0.1) is 180 Å². The normalized spacial score (nSPS) is 38.5. The second-order valence-corrected chi connectivity index (χ2v) is 41.0. The molecule has 1 aromatic rings. The zero-order valence-corrected chi connectivity index (χ0v) is 71.9. The molecule has 12 fully saturated rings. The zero-order chi connectivity index (χ0) is 77.7. The molecule has 0 saturated heterocycles. The molecule has 0 spiro atoms. The Labute approximate surface area is 705 Å². The Morgan fingerprint density at radius 1 is 0.455 bits per heavy atom. The molecular weight excluding hydrogens is 1540 g/mol.